The monoisotopic (exact) mass is 483 g/mol. The highest BCUT2D eigenvalue weighted by Crippen LogP contribution is 2.43. The Morgan fingerprint density at radius 1 is 0.833 bits per heavy atom. The zero-order valence-corrected chi connectivity index (χ0v) is 21.6. The van der Waals surface area contributed by atoms with Crippen LogP contribution in [0.25, 0.3) is 36.9 Å². The lowest BCUT2D eigenvalue weighted by molar-refractivity contribution is 0.758. The van der Waals surface area contributed by atoms with Crippen molar-refractivity contribution >= 4 is 48.5 Å². The van der Waals surface area contributed by atoms with Crippen molar-refractivity contribution in [3.63, 3.8) is 0 Å². The lowest BCUT2D eigenvalue weighted by Crippen LogP contribution is -2.13. The molecule has 36 heavy (non-hydrogen) atoms. The minimum Gasteiger partial charge on any atom is -0.314 e. The number of fused-ring (bicyclic) bond motifs is 3. The first-order valence-electron chi connectivity index (χ1n) is 12.5. The Morgan fingerprint density at radius 2 is 1.58 bits per heavy atom. The predicted molar refractivity (Wildman–Crippen MR) is 159 cm³/mol. The van der Waals surface area contributed by atoms with E-state index in [0.717, 1.165) is 17.8 Å². The van der Waals surface area contributed by atoms with Crippen molar-refractivity contribution in [3.8, 4) is 11.1 Å². The van der Waals surface area contributed by atoms with Gasteiger partial charge in [-0.25, -0.2) is 0 Å². The lowest BCUT2D eigenvalue weighted by atomic mass is 9.87. The van der Waals surface area contributed by atoms with Crippen LogP contribution in [0.1, 0.15) is 25.8 Å². The molecule has 0 amide bonds. The first-order chi connectivity index (χ1) is 17.6. The summed E-state index contributed by atoms with van der Waals surface area (Å²) in [6.07, 6.45) is 7.80. The number of thiophene rings is 1. The van der Waals surface area contributed by atoms with Gasteiger partial charge in [-0.15, -0.1) is 11.3 Å². The largest absolute Gasteiger partial charge is 0.314 e. The molecule has 0 radical (unpaired) electrons. The molecule has 0 spiro atoms. The summed E-state index contributed by atoms with van der Waals surface area (Å²) in [6, 6.07) is 33.1. The van der Waals surface area contributed by atoms with Crippen molar-refractivity contribution < 1.29 is 0 Å². The third kappa shape index (κ3) is 3.98. The van der Waals surface area contributed by atoms with E-state index in [2.05, 4.69) is 135 Å². The first kappa shape index (κ1) is 22.6. The number of hydrogen-bond donors (Lipinski definition) is 0. The maximum Gasteiger partial charge on any atom is 0.0636 e. The van der Waals surface area contributed by atoms with Crippen LogP contribution in [-0.2, 0) is 0 Å². The van der Waals surface area contributed by atoms with E-state index in [-0.39, 0.29) is 0 Å². The van der Waals surface area contributed by atoms with E-state index in [1.165, 1.54) is 48.1 Å². The molecule has 0 fully saturated rings. The number of allylic oxidation sites excluding steroid dienone is 5. The molecule has 1 heterocycles. The van der Waals surface area contributed by atoms with Crippen molar-refractivity contribution in [3.05, 3.63) is 127 Å². The molecule has 1 nitrogen and oxygen atoms in total. The summed E-state index contributed by atoms with van der Waals surface area (Å²) in [5.74, 6) is 0.549. The van der Waals surface area contributed by atoms with Gasteiger partial charge in [0, 0.05) is 26.9 Å². The summed E-state index contributed by atoms with van der Waals surface area (Å²) in [7, 11) is 0. The van der Waals surface area contributed by atoms with Gasteiger partial charge in [0.05, 0.1) is 10.4 Å². The summed E-state index contributed by atoms with van der Waals surface area (Å²) >= 11 is 1.85. The minimum absolute atomic E-state index is 0.549. The van der Waals surface area contributed by atoms with Crippen LogP contribution in [0.3, 0.4) is 0 Å². The highest BCUT2D eigenvalue weighted by molar-refractivity contribution is 7.26. The fourth-order valence-corrected chi connectivity index (χ4v) is 6.49. The Hall–Kier alpha value is -3.88. The Balaban J connectivity index is 1.38. The maximum absolute atomic E-state index is 4.34. The molecule has 1 unspecified atom stereocenters. The molecular formula is C34H29NS. The van der Waals surface area contributed by atoms with Crippen molar-refractivity contribution in [1.82, 2.24) is 0 Å². The Bertz CT molecular complexity index is 1650. The van der Waals surface area contributed by atoms with Crippen LogP contribution >= 0.6 is 11.3 Å². The lowest BCUT2D eigenvalue weighted by Gasteiger charge is -2.26. The topological polar surface area (TPSA) is 3.24 Å². The molecule has 0 N–H and O–H groups in total. The number of anilines is 2. The third-order valence-electron chi connectivity index (χ3n) is 7.09. The average Bonchev–Trinajstić information content (AvgIpc) is 3.29. The van der Waals surface area contributed by atoms with Crippen molar-refractivity contribution in [2.45, 2.75) is 20.3 Å². The highest BCUT2D eigenvalue weighted by Gasteiger charge is 2.17. The molecule has 1 aromatic heterocycles. The van der Waals surface area contributed by atoms with Gasteiger partial charge in [-0.1, -0.05) is 92.4 Å². The molecule has 1 aliphatic carbocycles. The van der Waals surface area contributed by atoms with E-state index >= 15 is 0 Å². The number of benzene rings is 4. The van der Waals surface area contributed by atoms with Crippen LogP contribution < -0.4 is 4.90 Å². The number of rotatable bonds is 5. The third-order valence-corrected chi connectivity index (χ3v) is 8.30. The Labute approximate surface area is 217 Å². The molecule has 1 atom stereocenters. The van der Waals surface area contributed by atoms with Crippen LogP contribution in [-0.4, -0.2) is 0 Å². The molecule has 0 saturated heterocycles. The Kier molecular flexibility index (Phi) is 5.83. The highest BCUT2D eigenvalue weighted by atomic mass is 32.1. The fourth-order valence-electron chi connectivity index (χ4n) is 5.28. The zero-order chi connectivity index (χ0) is 24.6. The van der Waals surface area contributed by atoms with E-state index in [9.17, 15) is 0 Å². The average molecular weight is 484 g/mol. The van der Waals surface area contributed by atoms with Crippen molar-refractivity contribution in [1.29, 1.82) is 0 Å². The molecule has 5 aromatic rings. The van der Waals surface area contributed by atoms with Crippen LogP contribution in [0, 0.1) is 5.92 Å². The molecular weight excluding hydrogens is 454 g/mol. The number of nitrogens with zero attached hydrogens (tertiary/aromatic N) is 1. The normalized spacial score (nSPS) is 15.3. The van der Waals surface area contributed by atoms with Gasteiger partial charge in [0.2, 0.25) is 0 Å². The van der Waals surface area contributed by atoms with Crippen LogP contribution in [0.4, 0.5) is 11.4 Å². The predicted octanol–water partition coefficient (Wildman–Crippen LogP) is 10.4. The van der Waals surface area contributed by atoms with E-state index in [1.807, 2.05) is 11.3 Å². The molecule has 6 rings (SSSR count). The summed E-state index contributed by atoms with van der Waals surface area (Å²) in [4.78, 5) is 2.28. The van der Waals surface area contributed by atoms with E-state index in [1.54, 1.807) is 0 Å². The zero-order valence-electron chi connectivity index (χ0n) is 20.7. The first-order valence-corrected chi connectivity index (χ1v) is 13.4. The van der Waals surface area contributed by atoms with Crippen LogP contribution in [0.15, 0.2) is 121 Å². The van der Waals surface area contributed by atoms with Crippen molar-refractivity contribution in [2.75, 3.05) is 4.90 Å². The second-order valence-corrected chi connectivity index (χ2v) is 10.7. The second kappa shape index (κ2) is 9.29. The van der Waals surface area contributed by atoms with Crippen LogP contribution in [0.2, 0.25) is 0 Å². The second-order valence-electron chi connectivity index (χ2n) is 9.64. The van der Waals surface area contributed by atoms with Gasteiger partial charge in [0.15, 0.2) is 0 Å². The SMILES string of the molecule is C=C(C)N(c1ccc(-c2cccc(C3=CC=CCC3C)c2)cc1)c1cccc2c1sc1ccccc12. The quantitative estimate of drug-likeness (QED) is 0.240. The number of hydrogen-bond acceptors (Lipinski definition) is 2. The standard InChI is InChI=1S/C34H29NS/c1-23(2)35(32-16-9-15-31-30-14-6-7-17-33(30)36-34(31)32)28-20-18-25(19-21-28)26-11-8-12-27(22-26)29-13-5-4-10-24(29)3/h4-9,11-22,24H,1,10H2,2-3H3. The molecule has 1 aliphatic rings. The minimum atomic E-state index is 0.549. The summed E-state index contributed by atoms with van der Waals surface area (Å²) in [5.41, 5.74) is 8.51. The fraction of sp³-hybridized carbons (Fsp3) is 0.118. The smallest absolute Gasteiger partial charge is 0.0636 e. The van der Waals surface area contributed by atoms with Gasteiger partial charge >= 0.3 is 0 Å². The van der Waals surface area contributed by atoms with Crippen LogP contribution in [0.5, 0.6) is 0 Å². The van der Waals surface area contributed by atoms with Gasteiger partial charge in [-0.2, -0.15) is 0 Å². The Morgan fingerprint density at radius 3 is 2.39 bits per heavy atom. The van der Waals surface area contributed by atoms with E-state index < -0.39 is 0 Å². The van der Waals surface area contributed by atoms with Crippen molar-refractivity contribution in [2.24, 2.45) is 5.92 Å². The summed E-state index contributed by atoms with van der Waals surface area (Å²) in [5, 5.41) is 2.61. The van der Waals surface area contributed by atoms with E-state index in [4.69, 9.17) is 0 Å². The molecule has 176 valence electrons. The summed E-state index contributed by atoms with van der Waals surface area (Å²) < 4.78 is 2.61. The molecule has 0 saturated carbocycles. The van der Waals surface area contributed by atoms with Gasteiger partial charge in [-0.05, 0) is 71.9 Å². The summed E-state index contributed by atoms with van der Waals surface area (Å²) in [6.45, 7) is 8.72. The van der Waals surface area contributed by atoms with Gasteiger partial charge < -0.3 is 4.90 Å². The van der Waals surface area contributed by atoms with E-state index in [0.29, 0.717) is 5.92 Å². The van der Waals surface area contributed by atoms with Gasteiger partial charge in [0.25, 0.3) is 0 Å². The molecule has 4 aromatic carbocycles. The molecule has 0 bridgehead atoms. The van der Waals surface area contributed by atoms with Gasteiger partial charge in [0.1, 0.15) is 0 Å². The molecule has 2 heteroatoms. The maximum atomic E-state index is 4.34. The van der Waals surface area contributed by atoms with Gasteiger partial charge in [-0.3, -0.25) is 0 Å². The molecule has 0 aliphatic heterocycles.